The molecule has 24 heavy (non-hydrogen) atoms. The zero-order chi connectivity index (χ0) is 16.9. The molecule has 1 aromatic heterocycles. The Morgan fingerprint density at radius 1 is 1.17 bits per heavy atom. The van der Waals surface area contributed by atoms with Crippen LogP contribution in [0.5, 0.6) is 0 Å². The second-order valence-electron chi connectivity index (χ2n) is 5.39. The summed E-state index contributed by atoms with van der Waals surface area (Å²) in [7, 11) is 1.73. The van der Waals surface area contributed by atoms with Gasteiger partial charge in [-0.2, -0.15) is 5.10 Å². The summed E-state index contributed by atoms with van der Waals surface area (Å²) in [5, 5.41) is 7.64. The standard InChI is InChI=1S/C18H17ClN4O/c1-22(18(24)21-17-10-6-5-9-16(17)19)12-14-11-20-23(13-14)15-7-3-2-4-8-15/h2-11,13H,12H2,1H3,(H,21,24). The number of aromatic nitrogens is 2. The van der Waals surface area contributed by atoms with Crippen LogP contribution in [-0.4, -0.2) is 27.8 Å². The van der Waals surface area contributed by atoms with E-state index in [1.54, 1.807) is 35.0 Å². The van der Waals surface area contributed by atoms with Crippen LogP contribution in [0.4, 0.5) is 10.5 Å². The number of amides is 2. The number of nitrogens with one attached hydrogen (secondary N) is 1. The number of halogens is 1. The zero-order valence-corrected chi connectivity index (χ0v) is 13.9. The van der Waals surface area contributed by atoms with E-state index in [4.69, 9.17) is 11.6 Å². The maximum atomic E-state index is 12.3. The van der Waals surface area contributed by atoms with Gasteiger partial charge < -0.3 is 10.2 Å². The van der Waals surface area contributed by atoms with Crippen molar-refractivity contribution in [2.24, 2.45) is 0 Å². The monoisotopic (exact) mass is 340 g/mol. The van der Waals surface area contributed by atoms with E-state index >= 15 is 0 Å². The molecule has 3 rings (SSSR count). The van der Waals surface area contributed by atoms with Crippen molar-refractivity contribution < 1.29 is 4.79 Å². The predicted molar refractivity (Wildman–Crippen MR) is 95.5 cm³/mol. The molecule has 0 atom stereocenters. The molecule has 0 spiro atoms. The Morgan fingerprint density at radius 2 is 1.88 bits per heavy atom. The molecule has 6 heteroatoms. The number of benzene rings is 2. The number of carbonyl (C=O) groups excluding carboxylic acids is 1. The second kappa shape index (κ2) is 7.19. The molecular weight excluding hydrogens is 324 g/mol. The van der Waals surface area contributed by atoms with E-state index in [1.165, 1.54) is 0 Å². The molecule has 2 amide bonds. The number of rotatable bonds is 4. The van der Waals surface area contributed by atoms with E-state index in [9.17, 15) is 4.79 Å². The van der Waals surface area contributed by atoms with Crippen LogP contribution in [-0.2, 0) is 6.54 Å². The maximum absolute atomic E-state index is 12.3. The van der Waals surface area contributed by atoms with Crippen LogP contribution in [0, 0.1) is 0 Å². The number of carbonyl (C=O) groups is 1. The SMILES string of the molecule is CN(Cc1cnn(-c2ccccc2)c1)C(=O)Nc1ccccc1Cl. The molecule has 0 saturated carbocycles. The summed E-state index contributed by atoms with van der Waals surface area (Å²) in [6, 6.07) is 16.7. The lowest BCUT2D eigenvalue weighted by Crippen LogP contribution is -2.30. The highest BCUT2D eigenvalue weighted by Crippen LogP contribution is 2.21. The molecule has 5 nitrogen and oxygen atoms in total. The molecule has 0 aliphatic carbocycles. The van der Waals surface area contributed by atoms with Crippen molar-refractivity contribution in [3.63, 3.8) is 0 Å². The van der Waals surface area contributed by atoms with Crippen LogP contribution in [0.15, 0.2) is 67.0 Å². The highest BCUT2D eigenvalue weighted by atomic mass is 35.5. The Kier molecular flexibility index (Phi) is 4.82. The number of urea groups is 1. The van der Waals surface area contributed by atoms with Gasteiger partial charge in [-0.1, -0.05) is 41.9 Å². The van der Waals surface area contributed by atoms with Crippen LogP contribution < -0.4 is 5.32 Å². The zero-order valence-electron chi connectivity index (χ0n) is 13.2. The van der Waals surface area contributed by atoms with Gasteiger partial charge in [-0.15, -0.1) is 0 Å². The first-order valence-corrected chi connectivity index (χ1v) is 7.87. The summed E-state index contributed by atoms with van der Waals surface area (Å²) in [5.41, 5.74) is 2.51. The summed E-state index contributed by atoms with van der Waals surface area (Å²) in [4.78, 5) is 13.9. The molecule has 122 valence electrons. The summed E-state index contributed by atoms with van der Waals surface area (Å²) < 4.78 is 1.79. The minimum Gasteiger partial charge on any atom is -0.323 e. The number of anilines is 1. The van der Waals surface area contributed by atoms with Gasteiger partial charge in [-0.05, 0) is 24.3 Å². The van der Waals surface area contributed by atoms with Crippen LogP contribution in [0.25, 0.3) is 5.69 Å². The number of nitrogens with zero attached hydrogens (tertiary/aromatic N) is 3. The molecule has 2 aromatic carbocycles. The molecule has 3 aromatic rings. The highest BCUT2D eigenvalue weighted by molar-refractivity contribution is 6.33. The Labute approximate surface area is 145 Å². The Hall–Kier alpha value is -2.79. The van der Waals surface area contributed by atoms with Crippen molar-refractivity contribution >= 4 is 23.3 Å². The molecule has 0 fully saturated rings. The first-order chi connectivity index (χ1) is 11.6. The molecule has 0 radical (unpaired) electrons. The maximum Gasteiger partial charge on any atom is 0.321 e. The smallest absolute Gasteiger partial charge is 0.321 e. The van der Waals surface area contributed by atoms with Crippen molar-refractivity contribution in [2.75, 3.05) is 12.4 Å². The first-order valence-electron chi connectivity index (χ1n) is 7.49. The third-order valence-electron chi connectivity index (χ3n) is 3.54. The van der Waals surface area contributed by atoms with Gasteiger partial charge >= 0.3 is 6.03 Å². The lowest BCUT2D eigenvalue weighted by molar-refractivity contribution is 0.220. The van der Waals surface area contributed by atoms with E-state index in [1.807, 2.05) is 48.7 Å². The van der Waals surface area contributed by atoms with E-state index in [0.717, 1.165) is 11.3 Å². The number of hydrogen-bond acceptors (Lipinski definition) is 2. The molecule has 0 bridgehead atoms. The van der Waals surface area contributed by atoms with Crippen molar-refractivity contribution in [3.05, 3.63) is 77.6 Å². The van der Waals surface area contributed by atoms with Crippen LogP contribution in [0.3, 0.4) is 0 Å². The van der Waals surface area contributed by atoms with Gasteiger partial charge in [-0.25, -0.2) is 9.48 Å². The third kappa shape index (κ3) is 3.75. The van der Waals surface area contributed by atoms with Gasteiger partial charge in [-0.3, -0.25) is 0 Å². The van der Waals surface area contributed by atoms with Crippen LogP contribution in [0.2, 0.25) is 5.02 Å². The predicted octanol–water partition coefficient (Wildman–Crippen LogP) is 4.19. The van der Waals surface area contributed by atoms with Crippen molar-refractivity contribution in [2.45, 2.75) is 6.54 Å². The van der Waals surface area contributed by atoms with E-state index in [2.05, 4.69) is 10.4 Å². The normalized spacial score (nSPS) is 10.4. The van der Waals surface area contributed by atoms with Crippen LogP contribution >= 0.6 is 11.6 Å². The highest BCUT2D eigenvalue weighted by Gasteiger charge is 2.12. The largest absolute Gasteiger partial charge is 0.323 e. The van der Waals surface area contributed by atoms with Gasteiger partial charge in [0.05, 0.1) is 29.1 Å². The fraction of sp³-hybridized carbons (Fsp3) is 0.111. The lowest BCUT2D eigenvalue weighted by Gasteiger charge is -2.17. The summed E-state index contributed by atoms with van der Waals surface area (Å²) in [6.45, 7) is 0.448. The topological polar surface area (TPSA) is 50.2 Å². The van der Waals surface area contributed by atoms with Crippen molar-refractivity contribution in [3.8, 4) is 5.69 Å². The third-order valence-corrected chi connectivity index (χ3v) is 3.87. The fourth-order valence-corrected chi connectivity index (χ4v) is 2.47. The van der Waals surface area contributed by atoms with Gasteiger partial charge in [0.15, 0.2) is 0 Å². The minimum atomic E-state index is -0.226. The summed E-state index contributed by atoms with van der Waals surface area (Å²) >= 11 is 6.06. The van der Waals surface area contributed by atoms with Crippen molar-refractivity contribution in [1.82, 2.24) is 14.7 Å². The molecular formula is C18H17ClN4O. The molecule has 0 unspecified atom stereocenters. The summed E-state index contributed by atoms with van der Waals surface area (Å²) in [6.07, 6.45) is 3.67. The minimum absolute atomic E-state index is 0.226. The Morgan fingerprint density at radius 3 is 2.62 bits per heavy atom. The van der Waals surface area contributed by atoms with Gasteiger partial charge in [0.2, 0.25) is 0 Å². The van der Waals surface area contributed by atoms with Crippen molar-refractivity contribution in [1.29, 1.82) is 0 Å². The molecule has 0 saturated heterocycles. The quantitative estimate of drug-likeness (QED) is 0.774. The van der Waals surface area contributed by atoms with Gasteiger partial charge in [0.1, 0.15) is 0 Å². The van der Waals surface area contributed by atoms with Crippen LogP contribution in [0.1, 0.15) is 5.56 Å². The molecule has 1 heterocycles. The van der Waals surface area contributed by atoms with E-state index in [0.29, 0.717) is 17.3 Å². The van der Waals surface area contributed by atoms with Gasteiger partial charge in [0.25, 0.3) is 0 Å². The number of para-hydroxylation sites is 2. The van der Waals surface area contributed by atoms with Gasteiger partial charge in [0, 0.05) is 18.8 Å². The molecule has 0 aliphatic heterocycles. The van der Waals surface area contributed by atoms with E-state index < -0.39 is 0 Å². The average Bonchev–Trinajstić information content (AvgIpc) is 3.06. The first kappa shape index (κ1) is 16.1. The molecule has 0 aliphatic rings. The fourth-order valence-electron chi connectivity index (χ4n) is 2.28. The Balaban J connectivity index is 1.65. The average molecular weight is 341 g/mol. The Bertz CT molecular complexity index is 832. The summed E-state index contributed by atoms with van der Waals surface area (Å²) in [5.74, 6) is 0. The van der Waals surface area contributed by atoms with E-state index in [-0.39, 0.29) is 6.03 Å². The lowest BCUT2D eigenvalue weighted by atomic mass is 10.3. The molecule has 1 N–H and O–H groups in total. The number of hydrogen-bond donors (Lipinski definition) is 1. The second-order valence-corrected chi connectivity index (χ2v) is 5.80.